The standard InChI is InChI=1S/C12H14FN3OS/c1-17-6-2-5-15-12(18)16-11-4-3-9(8-14)7-10(11)13/h3-4,7H,2,5-6H2,1H3,(H2,15,16,18). The number of thiocarbonyl (C=S) groups is 1. The van der Waals surface area contributed by atoms with E-state index in [4.69, 9.17) is 22.2 Å². The minimum absolute atomic E-state index is 0.248. The number of ether oxygens (including phenoxy) is 1. The van der Waals surface area contributed by atoms with Crippen molar-refractivity contribution in [3.8, 4) is 6.07 Å². The van der Waals surface area contributed by atoms with Gasteiger partial charge in [0.25, 0.3) is 0 Å². The van der Waals surface area contributed by atoms with E-state index in [1.807, 2.05) is 6.07 Å². The minimum Gasteiger partial charge on any atom is -0.385 e. The first-order valence-corrected chi connectivity index (χ1v) is 5.81. The van der Waals surface area contributed by atoms with E-state index in [9.17, 15) is 4.39 Å². The molecular formula is C12H14FN3OS. The highest BCUT2D eigenvalue weighted by Gasteiger charge is 2.04. The number of hydrogen-bond donors (Lipinski definition) is 2. The summed E-state index contributed by atoms with van der Waals surface area (Å²) in [5.41, 5.74) is 0.523. The van der Waals surface area contributed by atoms with E-state index in [2.05, 4.69) is 10.6 Å². The van der Waals surface area contributed by atoms with Crippen molar-refractivity contribution in [2.24, 2.45) is 0 Å². The van der Waals surface area contributed by atoms with Crippen LogP contribution in [0.4, 0.5) is 10.1 Å². The minimum atomic E-state index is -0.505. The summed E-state index contributed by atoms with van der Waals surface area (Å²) in [6.45, 7) is 1.29. The van der Waals surface area contributed by atoms with Gasteiger partial charge < -0.3 is 15.4 Å². The third kappa shape index (κ3) is 4.65. The average molecular weight is 267 g/mol. The van der Waals surface area contributed by atoms with E-state index >= 15 is 0 Å². The normalized spacial score (nSPS) is 9.61. The molecule has 0 unspecified atom stereocenters. The molecule has 1 aromatic rings. The van der Waals surface area contributed by atoms with Crippen LogP contribution < -0.4 is 10.6 Å². The molecule has 0 aliphatic rings. The first-order valence-electron chi connectivity index (χ1n) is 5.41. The molecule has 0 aliphatic heterocycles. The summed E-state index contributed by atoms with van der Waals surface area (Å²) in [6, 6.07) is 6.04. The van der Waals surface area contributed by atoms with Crippen molar-refractivity contribution in [3.63, 3.8) is 0 Å². The van der Waals surface area contributed by atoms with Crippen LogP contribution in [0.5, 0.6) is 0 Å². The van der Waals surface area contributed by atoms with Crippen LogP contribution in [0.3, 0.4) is 0 Å². The maximum atomic E-state index is 13.5. The lowest BCUT2D eigenvalue weighted by Gasteiger charge is -2.11. The number of halogens is 1. The number of nitriles is 1. The molecule has 0 spiro atoms. The summed E-state index contributed by atoms with van der Waals surface area (Å²) in [7, 11) is 1.63. The molecule has 0 heterocycles. The fourth-order valence-electron chi connectivity index (χ4n) is 1.27. The fraction of sp³-hybridized carbons (Fsp3) is 0.333. The van der Waals surface area contributed by atoms with Crippen molar-refractivity contribution in [2.75, 3.05) is 25.6 Å². The molecule has 1 aromatic carbocycles. The van der Waals surface area contributed by atoms with Gasteiger partial charge >= 0.3 is 0 Å². The van der Waals surface area contributed by atoms with Crippen molar-refractivity contribution in [2.45, 2.75) is 6.42 Å². The average Bonchev–Trinajstić information content (AvgIpc) is 2.37. The van der Waals surface area contributed by atoms with Gasteiger partial charge in [0.2, 0.25) is 0 Å². The van der Waals surface area contributed by atoms with E-state index in [0.717, 1.165) is 12.5 Å². The second kappa shape index (κ2) is 7.58. The maximum Gasteiger partial charge on any atom is 0.170 e. The Morgan fingerprint density at radius 2 is 2.33 bits per heavy atom. The third-order valence-corrected chi connectivity index (χ3v) is 2.40. The molecule has 0 bridgehead atoms. The SMILES string of the molecule is COCCCNC(=S)Nc1ccc(C#N)cc1F. The van der Waals surface area contributed by atoms with E-state index in [0.29, 0.717) is 18.3 Å². The molecule has 0 saturated carbocycles. The Kier molecular flexibility index (Phi) is 6.05. The summed E-state index contributed by atoms with van der Waals surface area (Å²) < 4.78 is 18.4. The van der Waals surface area contributed by atoms with Crippen LogP contribution in [0.1, 0.15) is 12.0 Å². The topological polar surface area (TPSA) is 57.1 Å². The number of rotatable bonds is 5. The molecule has 6 heteroatoms. The number of hydrogen-bond acceptors (Lipinski definition) is 3. The first kappa shape index (κ1) is 14.4. The van der Waals surface area contributed by atoms with Crippen LogP contribution in [-0.2, 0) is 4.74 Å². The van der Waals surface area contributed by atoms with Gasteiger partial charge in [-0.2, -0.15) is 5.26 Å². The van der Waals surface area contributed by atoms with Gasteiger partial charge in [0.1, 0.15) is 5.82 Å². The maximum absolute atomic E-state index is 13.5. The van der Waals surface area contributed by atoms with Crippen molar-refractivity contribution < 1.29 is 9.13 Å². The largest absolute Gasteiger partial charge is 0.385 e. The van der Waals surface area contributed by atoms with Crippen LogP contribution in [0.25, 0.3) is 0 Å². The molecule has 0 fully saturated rings. The fourth-order valence-corrected chi connectivity index (χ4v) is 1.48. The van der Waals surface area contributed by atoms with E-state index < -0.39 is 5.82 Å². The van der Waals surface area contributed by atoms with Gasteiger partial charge in [0.15, 0.2) is 5.11 Å². The highest BCUT2D eigenvalue weighted by molar-refractivity contribution is 7.80. The van der Waals surface area contributed by atoms with Crippen LogP contribution in [0.2, 0.25) is 0 Å². The van der Waals surface area contributed by atoms with Crippen molar-refractivity contribution in [1.82, 2.24) is 5.32 Å². The Hall–Kier alpha value is -1.71. The molecule has 4 nitrogen and oxygen atoms in total. The molecule has 0 saturated heterocycles. The van der Waals surface area contributed by atoms with Gasteiger partial charge in [0, 0.05) is 20.3 Å². The Morgan fingerprint density at radius 1 is 1.56 bits per heavy atom. The van der Waals surface area contributed by atoms with Gasteiger partial charge in [-0.05, 0) is 36.8 Å². The third-order valence-electron chi connectivity index (χ3n) is 2.16. The van der Waals surface area contributed by atoms with E-state index in [1.54, 1.807) is 7.11 Å². The van der Waals surface area contributed by atoms with Crippen LogP contribution >= 0.6 is 12.2 Å². The number of benzene rings is 1. The summed E-state index contributed by atoms with van der Waals surface area (Å²) in [6.07, 6.45) is 0.814. The molecule has 0 aliphatic carbocycles. The van der Waals surface area contributed by atoms with Crippen molar-refractivity contribution in [1.29, 1.82) is 5.26 Å². The molecule has 0 atom stereocenters. The Balaban J connectivity index is 2.47. The zero-order valence-electron chi connectivity index (χ0n) is 10.00. The highest BCUT2D eigenvalue weighted by Crippen LogP contribution is 2.15. The lowest BCUT2D eigenvalue weighted by atomic mass is 10.2. The monoisotopic (exact) mass is 267 g/mol. The summed E-state index contributed by atoms with van der Waals surface area (Å²) in [4.78, 5) is 0. The first-order chi connectivity index (χ1) is 8.67. The van der Waals surface area contributed by atoms with E-state index in [-0.39, 0.29) is 11.3 Å². The Morgan fingerprint density at radius 3 is 2.94 bits per heavy atom. The van der Waals surface area contributed by atoms with Crippen LogP contribution in [0, 0.1) is 17.1 Å². The van der Waals surface area contributed by atoms with Gasteiger partial charge in [-0.15, -0.1) is 0 Å². The summed E-state index contributed by atoms with van der Waals surface area (Å²) >= 11 is 5.01. The lowest BCUT2D eigenvalue weighted by molar-refractivity contribution is 0.196. The van der Waals surface area contributed by atoms with Gasteiger partial charge in [-0.1, -0.05) is 0 Å². The van der Waals surface area contributed by atoms with Crippen LogP contribution in [-0.4, -0.2) is 25.4 Å². The molecular weight excluding hydrogens is 253 g/mol. The van der Waals surface area contributed by atoms with Gasteiger partial charge in [-0.3, -0.25) is 0 Å². The zero-order valence-corrected chi connectivity index (χ0v) is 10.8. The molecule has 96 valence electrons. The highest BCUT2D eigenvalue weighted by atomic mass is 32.1. The molecule has 0 aromatic heterocycles. The van der Waals surface area contributed by atoms with Gasteiger partial charge in [0.05, 0.1) is 17.3 Å². The summed E-state index contributed by atoms with van der Waals surface area (Å²) in [5, 5.41) is 14.6. The Bertz CT molecular complexity index is 459. The predicted molar refractivity (Wildman–Crippen MR) is 71.8 cm³/mol. The number of nitrogens with zero attached hydrogens (tertiary/aromatic N) is 1. The molecule has 0 radical (unpaired) electrons. The molecule has 18 heavy (non-hydrogen) atoms. The quantitative estimate of drug-likeness (QED) is 0.631. The Labute approximate surface area is 111 Å². The number of methoxy groups -OCH3 is 1. The van der Waals surface area contributed by atoms with Gasteiger partial charge in [-0.25, -0.2) is 4.39 Å². The number of nitrogens with one attached hydrogen (secondary N) is 2. The van der Waals surface area contributed by atoms with Crippen LogP contribution in [0.15, 0.2) is 18.2 Å². The lowest BCUT2D eigenvalue weighted by Crippen LogP contribution is -2.30. The van der Waals surface area contributed by atoms with Crippen molar-refractivity contribution in [3.05, 3.63) is 29.6 Å². The number of anilines is 1. The zero-order chi connectivity index (χ0) is 13.4. The van der Waals surface area contributed by atoms with Crippen molar-refractivity contribution >= 4 is 23.0 Å². The van der Waals surface area contributed by atoms with E-state index in [1.165, 1.54) is 12.1 Å². The second-order valence-electron chi connectivity index (χ2n) is 3.53. The second-order valence-corrected chi connectivity index (χ2v) is 3.94. The smallest absolute Gasteiger partial charge is 0.170 e. The summed E-state index contributed by atoms with van der Waals surface area (Å²) in [5.74, 6) is -0.505. The molecule has 2 N–H and O–H groups in total. The molecule has 0 amide bonds. The predicted octanol–water partition coefficient (Wildman–Crippen LogP) is 2.02. The molecule has 1 rings (SSSR count).